The van der Waals surface area contributed by atoms with Crippen molar-refractivity contribution in [3.05, 3.63) is 109 Å². The van der Waals surface area contributed by atoms with E-state index in [2.05, 4.69) is 123 Å². The molecule has 0 fully saturated rings. The summed E-state index contributed by atoms with van der Waals surface area (Å²) in [6.45, 7) is 4.64. The summed E-state index contributed by atoms with van der Waals surface area (Å²) in [5.74, 6) is -2.28. The first kappa shape index (κ1) is 81.0. The van der Waals surface area contributed by atoms with Crippen LogP contribution in [0.3, 0.4) is 0 Å². The zero-order valence-electron chi connectivity index (χ0n) is 55.7. The van der Waals surface area contributed by atoms with Crippen LogP contribution in [0.1, 0.15) is 296 Å². The average molecular weight is 1190 g/mol. The number of unbranched alkanes of at least 4 members (excludes halogenated alkanes) is 31. The van der Waals surface area contributed by atoms with Gasteiger partial charge in [0.2, 0.25) is 0 Å². The number of nitrogens with zero attached hydrogens (tertiary/aromatic N) is 1. The number of esters is 2. The van der Waals surface area contributed by atoms with Crippen molar-refractivity contribution in [1.82, 2.24) is 0 Å². The van der Waals surface area contributed by atoms with Gasteiger partial charge < -0.3 is 33.3 Å². The van der Waals surface area contributed by atoms with E-state index in [1.54, 1.807) is 0 Å². The maximum absolute atomic E-state index is 12.9. The topological polar surface area (TPSA) is 111 Å². The second-order valence-electron chi connectivity index (χ2n) is 24.4. The van der Waals surface area contributed by atoms with Gasteiger partial charge >= 0.3 is 11.9 Å². The molecule has 9 nitrogen and oxygen atoms in total. The molecule has 488 valence electrons. The van der Waals surface area contributed by atoms with Crippen molar-refractivity contribution in [2.45, 2.75) is 309 Å². The number of ether oxygens (including phenoxy) is 4. The number of allylic oxidation sites excluding steroid dienone is 18. The minimum Gasteiger partial charge on any atom is -0.545 e. The van der Waals surface area contributed by atoms with E-state index < -0.39 is 24.3 Å². The molecule has 0 rings (SSSR count). The molecule has 0 N–H and O–H groups in total. The van der Waals surface area contributed by atoms with Crippen molar-refractivity contribution in [2.75, 3.05) is 47.5 Å². The number of quaternary nitrogens is 1. The molecule has 0 radical (unpaired) electrons. The lowest BCUT2D eigenvalue weighted by atomic mass is 10.0. The van der Waals surface area contributed by atoms with E-state index in [1.807, 2.05) is 21.1 Å². The van der Waals surface area contributed by atoms with Crippen LogP contribution in [0.4, 0.5) is 0 Å². The highest BCUT2D eigenvalue weighted by molar-refractivity contribution is 5.70. The van der Waals surface area contributed by atoms with Gasteiger partial charge in [0.05, 0.1) is 40.3 Å². The number of carbonyl (C=O) groups is 3. The molecule has 9 heteroatoms. The van der Waals surface area contributed by atoms with Gasteiger partial charge in [-0.2, -0.15) is 0 Å². The van der Waals surface area contributed by atoms with Crippen LogP contribution >= 0.6 is 0 Å². The summed E-state index contributed by atoms with van der Waals surface area (Å²) in [5, 5.41) is 11.8. The molecule has 85 heavy (non-hydrogen) atoms. The zero-order valence-corrected chi connectivity index (χ0v) is 55.7. The normalized spacial score (nSPS) is 13.4. The predicted octanol–water partition coefficient (Wildman–Crippen LogP) is 20.5. The van der Waals surface area contributed by atoms with Gasteiger partial charge in [-0.3, -0.25) is 9.59 Å². The predicted molar refractivity (Wildman–Crippen MR) is 361 cm³/mol. The SMILES string of the molecule is CC/C=C\C/C=C\C/C=C\C/C=C\C/C=C\C/C=C\CCCCCCCCCCCCCCCCCCC(=O)OC(COC(=O)CCCCCCCCCCCC/C=C\C/C=C\C/C=C\CCCCCCC)COC(OCC[N+](C)(C)C)C(=O)[O-]. The smallest absolute Gasteiger partial charge is 0.306 e. The summed E-state index contributed by atoms with van der Waals surface area (Å²) < 4.78 is 22.8. The first-order valence-corrected chi connectivity index (χ1v) is 35.0. The standard InChI is InChI=1S/C76H131NO8/c1-6-8-10-12-14-16-18-20-22-24-26-28-30-32-33-34-35-36-37-38-39-40-41-43-45-47-49-51-53-55-57-59-61-63-65-67-74(79)85-72(71-84-76(75(80)81)82-69-68-77(3,4)5)70-83-73(78)66-64-62-60-58-56-54-52-50-48-46-44-42-31-29-27-25-23-21-19-17-15-13-11-9-7-2/h8,10,14,16,19-22,25-28,31-33,35-36,42,72,76H,6-7,9,11-13,15,17-18,23-24,29-30,34,37-41,43-71H2,1-5H3/b10-8-,16-14-,21-19-,22-20-,27-25-,28-26-,33-32-,36-35-,42-31-. The van der Waals surface area contributed by atoms with E-state index in [0.29, 0.717) is 17.4 Å². The molecule has 2 atom stereocenters. The monoisotopic (exact) mass is 1190 g/mol. The molecule has 0 aliphatic rings. The largest absolute Gasteiger partial charge is 0.545 e. The molecular weight excluding hydrogens is 1050 g/mol. The molecule has 0 saturated carbocycles. The number of carboxylic acids is 1. The molecule has 0 aromatic rings. The molecule has 2 unspecified atom stereocenters. The van der Waals surface area contributed by atoms with E-state index in [0.717, 1.165) is 89.9 Å². The Bertz CT molecular complexity index is 1760. The van der Waals surface area contributed by atoms with Gasteiger partial charge in [0.25, 0.3) is 0 Å². The highest BCUT2D eigenvalue weighted by Crippen LogP contribution is 2.17. The molecule has 0 aliphatic heterocycles. The van der Waals surface area contributed by atoms with Crippen LogP contribution in [-0.4, -0.2) is 82.3 Å². The van der Waals surface area contributed by atoms with Crippen LogP contribution in [0.15, 0.2) is 109 Å². The summed E-state index contributed by atoms with van der Waals surface area (Å²) in [6.07, 6.45) is 88.8. The number of rotatable bonds is 64. The molecule has 0 aromatic heterocycles. The summed E-state index contributed by atoms with van der Waals surface area (Å²) >= 11 is 0. The summed E-state index contributed by atoms with van der Waals surface area (Å²) in [5.41, 5.74) is 0. The summed E-state index contributed by atoms with van der Waals surface area (Å²) in [6, 6.07) is 0. The van der Waals surface area contributed by atoms with Crippen LogP contribution in [-0.2, 0) is 33.3 Å². The second kappa shape index (κ2) is 65.9. The first-order valence-electron chi connectivity index (χ1n) is 35.0. The van der Waals surface area contributed by atoms with E-state index in [4.69, 9.17) is 18.9 Å². The Morgan fingerprint density at radius 3 is 1.00 bits per heavy atom. The maximum Gasteiger partial charge on any atom is 0.306 e. The van der Waals surface area contributed by atoms with Crippen molar-refractivity contribution in [2.24, 2.45) is 0 Å². The third-order valence-electron chi connectivity index (χ3n) is 15.0. The number of hydrogen-bond acceptors (Lipinski definition) is 8. The van der Waals surface area contributed by atoms with Crippen molar-refractivity contribution < 1.29 is 42.9 Å². The van der Waals surface area contributed by atoms with Crippen LogP contribution in [0.5, 0.6) is 0 Å². The first-order chi connectivity index (χ1) is 41.6. The van der Waals surface area contributed by atoms with Gasteiger partial charge in [0.1, 0.15) is 13.2 Å². The lowest BCUT2D eigenvalue weighted by Gasteiger charge is -2.26. The van der Waals surface area contributed by atoms with Crippen LogP contribution in [0.2, 0.25) is 0 Å². The van der Waals surface area contributed by atoms with Crippen molar-refractivity contribution >= 4 is 17.9 Å². The van der Waals surface area contributed by atoms with E-state index in [1.165, 1.54) is 173 Å². The molecule has 0 bridgehead atoms. The Kier molecular flexibility index (Phi) is 62.8. The van der Waals surface area contributed by atoms with Crippen molar-refractivity contribution in [3.8, 4) is 0 Å². The molecular formula is C76H131NO8. The van der Waals surface area contributed by atoms with E-state index >= 15 is 0 Å². The fraction of sp³-hybridized carbons (Fsp3) is 0.724. The van der Waals surface area contributed by atoms with Crippen LogP contribution in [0.25, 0.3) is 0 Å². The Morgan fingerprint density at radius 1 is 0.365 bits per heavy atom. The number of likely N-dealkylation sites (N-methyl/N-ethyl adjacent to an activating group) is 1. The second-order valence-corrected chi connectivity index (χ2v) is 24.4. The molecule has 0 saturated heterocycles. The minimum absolute atomic E-state index is 0.144. The van der Waals surface area contributed by atoms with Gasteiger partial charge in [0.15, 0.2) is 12.4 Å². The Labute approximate surface area is 524 Å². The van der Waals surface area contributed by atoms with Crippen LogP contribution < -0.4 is 5.11 Å². The third kappa shape index (κ3) is 67.3. The Balaban J connectivity index is 4.12. The van der Waals surface area contributed by atoms with Gasteiger partial charge in [-0.1, -0.05) is 290 Å². The fourth-order valence-electron chi connectivity index (χ4n) is 9.67. The average Bonchev–Trinajstić information content (AvgIpc) is 3.48. The Hall–Kier alpha value is -4.05. The highest BCUT2D eigenvalue weighted by Gasteiger charge is 2.22. The van der Waals surface area contributed by atoms with Crippen molar-refractivity contribution in [1.29, 1.82) is 0 Å². The number of hydrogen-bond donors (Lipinski definition) is 0. The third-order valence-corrected chi connectivity index (χ3v) is 15.0. The van der Waals surface area contributed by atoms with Crippen LogP contribution in [0, 0.1) is 0 Å². The number of carbonyl (C=O) groups excluding carboxylic acids is 3. The summed E-state index contributed by atoms with van der Waals surface area (Å²) in [7, 11) is 5.93. The fourth-order valence-corrected chi connectivity index (χ4v) is 9.67. The van der Waals surface area contributed by atoms with E-state index in [9.17, 15) is 19.5 Å². The molecule has 0 spiro atoms. The quantitative estimate of drug-likeness (QED) is 0.0195. The Morgan fingerprint density at radius 2 is 0.671 bits per heavy atom. The minimum atomic E-state index is -1.63. The zero-order chi connectivity index (χ0) is 61.9. The molecule has 0 aliphatic carbocycles. The van der Waals surface area contributed by atoms with Crippen molar-refractivity contribution in [3.63, 3.8) is 0 Å². The maximum atomic E-state index is 12.9. The lowest BCUT2D eigenvalue weighted by molar-refractivity contribution is -0.870. The van der Waals surface area contributed by atoms with Gasteiger partial charge in [0, 0.05) is 12.8 Å². The number of carboxylic acid groups (broad SMARTS) is 1. The summed E-state index contributed by atoms with van der Waals surface area (Å²) in [4.78, 5) is 37.5. The number of aliphatic carboxylic acids is 1. The van der Waals surface area contributed by atoms with Gasteiger partial charge in [-0.25, -0.2) is 0 Å². The molecule has 0 heterocycles. The highest BCUT2D eigenvalue weighted by atomic mass is 16.7. The van der Waals surface area contributed by atoms with E-state index in [-0.39, 0.29) is 38.6 Å². The van der Waals surface area contributed by atoms with Gasteiger partial charge in [-0.05, 0) is 103 Å². The lowest BCUT2D eigenvalue weighted by Crippen LogP contribution is -2.44. The molecule has 0 aromatic carbocycles. The molecule has 0 amide bonds. The van der Waals surface area contributed by atoms with Gasteiger partial charge in [-0.15, -0.1) is 0 Å².